The van der Waals surface area contributed by atoms with Gasteiger partial charge in [-0.25, -0.2) is 0 Å². The molecule has 0 aliphatic heterocycles. The molecule has 0 aliphatic carbocycles. The molecule has 2 N–H and O–H groups in total. The molecule has 0 saturated heterocycles. The van der Waals surface area contributed by atoms with Crippen molar-refractivity contribution in [2.24, 2.45) is 5.73 Å². The number of halogens is 3. The lowest BCUT2D eigenvalue weighted by atomic mass is 9.91. The van der Waals surface area contributed by atoms with Gasteiger partial charge in [-0.2, -0.15) is 0 Å². The Morgan fingerprint density at radius 3 is 2.00 bits per heavy atom. The first kappa shape index (κ1) is 13.5. The SMILES string of the molecule is CCC(C)(N)c1ccc(S(Cl)(Cl)Cl)cc1. The van der Waals surface area contributed by atoms with E-state index >= 15 is 0 Å². The van der Waals surface area contributed by atoms with Crippen molar-refractivity contribution in [3.05, 3.63) is 29.8 Å². The van der Waals surface area contributed by atoms with Gasteiger partial charge < -0.3 is 5.73 Å². The minimum absolute atomic E-state index is 0.318. The van der Waals surface area contributed by atoms with Gasteiger partial charge in [0.05, 0.1) is 0 Å². The van der Waals surface area contributed by atoms with Crippen LogP contribution < -0.4 is 5.73 Å². The number of rotatable bonds is 3. The van der Waals surface area contributed by atoms with E-state index in [1.807, 2.05) is 38.1 Å². The molecule has 0 aromatic heterocycles. The Morgan fingerprint density at radius 1 is 1.20 bits per heavy atom. The predicted octanol–water partition coefficient (Wildman–Crippen LogP) is 4.90. The highest BCUT2D eigenvalue weighted by Crippen LogP contribution is 2.69. The Hall–Kier alpha value is 0.400. The zero-order valence-corrected chi connectivity index (χ0v) is 11.7. The third-order valence-electron chi connectivity index (χ3n) is 2.52. The smallest absolute Gasteiger partial charge is 0.0378 e. The van der Waals surface area contributed by atoms with Gasteiger partial charge in [0.15, 0.2) is 0 Å². The van der Waals surface area contributed by atoms with Gasteiger partial charge in [0.25, 0.3) is 0 Å². The van der Waals surface area contributed by atoms with Crippen LogP contribution in [0.2, 0.25) is 0 Å². The van der Waals surface area contributed by atoms with E-state index in [0.29, 0.717) is 0 Å². The molecule has 15 heavy (non-hydrogen) atoms. The molecule has 0 heterocycles. The second-order valence-corrected chi connectivity index (χ2v) is 10.6. The molecule has 1 unspecified atom stereocenters. The zero-order chi connectivity index (χ0) is 11.7. The van der Waals surface area contributed by atoms with Crippen LogP contribution in [0.4, 0.5) is 0 Å². The van der Waals surface area contributed by atoms with Gasteiger partial charge in [0.2, 0.25) is 0 Å². The lowest BCUT2D eigenvalue weighted by Gasteiger charge is -2.24. The highest BCUT2D eigenvalue weighted by molar-refractivity contribution is 8.79. The second kappa shape index (κ2) is 4.72. The summed E-state index contributed by atoms with van der Waals surface area (Å²) in [6, 6.07) is 7.51. The van der Waals surface area contributed by atoms with Crippen molar-refractivity contribution in [3.8, 4) is 0 Å². The molecule has 1 rings (SSSR count). The highest BCUT2D eigenvalue weighted by atomic mass is 36.2. The molecular weight excluding hydrogens is 273 g/mol. The maximum atomic E-state index is 6.10. The molecule has 86 valence electrons. The Morgan fingerprint density at radius 2 is 1.67 bits per heavy atom. The summed E-state index contributed by atoms with van der Waals surface area (Å²) in [7, 11) is 15.3. The normalized spacial score (nSPS) is 17.2. The summed E-state index contributed by atoms with van der Waals surface area (Å²) in [4.78, 5) is 0.739. The van der Waals surface area contributed by atoms with Crippen LogP contribution in [-0.4, -0.2) is 0 Å². The minimum atomic E-state index is -2.20. The van der Waals surface area contributed by atoms with E-state index in [0.717, 1.165) is 16.9 Å². The topological polar surface area (TPSA) is 26.0 Å². The molecule has 1 aromatic rings. The van der Waals surface area contributed by atoms with E-state index in [9.17, 15) is 0 Å². The van der Waals surface area contributed by atoms with E-state index in [1.54, 1.807) is 0 Å². The monoisotopic (exact) mass is 285 g/mol. The van der Waals surface area contributed by atoms with Crippen LogP contribution in [-0.2, 0) is 5.54 Å². The molecule has 0 bridgehead atoms. The largest absolute Gasteiger partial charge is 0.322 e. The maximum Gasteiger partial charge on any atom is 0.0378 e. The quantitative estimate of drug-likeness (QED) is 0.840. The van der Waals surface area contributed by atoms with Gasteiger partial charge in [-0.3, -0.25) is 0 Å². The van der Waals surface area contributed by atoms with E-state index in [4.69, 9.17) is 37.8 Å². The van der Waals surface area contributed by atoms with Crippen molar-refractivity contribution in [2.45, 2.75) is 30.7 Å². The lowest BCUT2D eigenvalue weighted by Crippen LogP contribution is -2.31. The lowest BCUT2D eigenvalue weighted by molar-refractivity contribution is 0.476. The van der Waals surface area contributed by atoms with Crippen LogP contribution in [0.25, 0.3) is 0 Å². The van der Waals surface area contributed by atoms with E-state index in [-0.39, 0.29) is 5.54 Å². The molecule has 0 fully saturated rings. The molecule has 1 nitrogen and oxygen atoms in total. The molecule has 0 amide bonds. The fraction of sp³-hybridized carbons (Fsp3) is 0.400. The third kappa shape index (κ3) is 3.43. The van der Waals surface area contributed by atoms with Gasteiger partial charge in [0, 0.05) is 18.1 Å². The van der Waals surface area contributed by atoms with Crippen molar-refractivity contribution in [3.63, 3.8) is 0 Å². The average Bonchev–Trinajstić information content (AvgIpc) is 2.17. The standard InChI is InChI=1S/C10H14Cl3NS/c1-3-10(2,14)8-4-6-9(7-5-8)15(11,12)13/h4-7H,3,14H2,1-2H3. The van der Waals surface area contributed by atoms with Crippen LogP contribution >= 0.6 is 39.7 Å². The Labute approximate surface area is 106 Å². The summed E-state index contributed by atoms with van der Waals surface area (Å²) in [5.41, 5.74) is 6.84. The average molecular weight is 287 g/mol. The molecule has 0 aliphatic rings. The Kier molecular flexibility index (Phi) is 4.24. The van der Waals surface area contributed by atoms with E-state index in [2.05, 4.69) is 0 Å². The Balaban J connectivity index is 3.01. The molecule has 5 heteroatoms. The van der Waals surface area contributed by atoms with Crippen molar-refractivity contribution < 1.29 is 0 Å². The van der Waals surface area contributed by atoms with E-state index in [1.165, 1.54) is 0 Å². The summed E-state index contributed by atoms with van der Waals surface area (Å²) in [6.45, 7) is 4.04. The first-order valence-electron chi connectivity index (χ1n) is 4.59. The summed E-state index contributed by atoms with van der Waals surface area (Å²) >= 11 is 0. The first-order valence-corrected chi connectivity index (χ1v) is 8.70. The molecule has 0 radical (unpaired) electrons. The van der Waals surface area contributed by atoms with Gasteiger partial charge >= 0.3 is 0 Å². The van der Waals surface area contributed by atoms with Crippen molar-refractivity contribution in [1.82, 2.24) is 0 Å². The van der Waals surface area contributed by atoms with Crippen LogP contribution in [0, 0.1) is 0 Å². The molecule has 0 saturated carbocycles. The Bertz CT molecular complexity index is 330. The number of nitrogens with two attached hydrogens (primary N) is 1. The fourth-order valence-corrected chi connectivity index (χ4v) is 2.56. The van der Waals surface area contributed by atoms with Gasteiger partial charge in [-0.05, 0) is 63.1 Å². The number of hydrogen-bond acceptors (Lipinski definition) is 1. The van der Waals surface area contributed by atoms with E-state index < -0.39 is 7.67 Å². The maximum absolute atomic E-state index is 6.10. The van der Waals surface area contributed by atoms with Crippen molar-refractivity contribution >= 4 is 39.7 Å². The van der Waals surface area contributed by atoms with Gasteiger partial charge in [-0.15, -0.1) is 0 Å². The fourth-order valence-electron chi connectivity index (χ4n) is 1.19. The molecule has 0 spiro atoms. The zero-order valence-electron chi connectivity index (χ0n) is 8.64. The molecule has 1 atom stereocenters. The first-order chi connectivity index (χ1) is 6.77. The third-order valence-corrected chi connectivity index (χ3v) is 4.93. The van der Waals surface area contributed by atoms with Crippen LogP contribution in [0.5, 0.6) is 0 Å². The van der Waals surface area contributed by atoms with Crippen LogP contribution in [0.15, 0.2) is 29.2 Å². The summed E-state index contributed by atoms with van der Waals surface area (Å²) in [5.74, 6) is 0. The predicted molar refractivity (Wildman–Crippen MR) is 71.7 cm³/mol. The summed E-state index contributed by atoms with van der Waals surface area (Å²) in [5, 5.41) is 0. The summed E-state index contributed by atoms with van der Waals surface area (Å²) < 4.78 is 0. The second-order valence-electron chi connectivity index (χ2n) is 3.70. The number of benzene rings is 1. The van der Waals surface area contributed by atoms with Crippen molar-refractivity contribution in [2.75, 3.05) is 0 Å². The van der Waals surface area contributed by atoms with Gasteiger partial charge in [-0.1, -0.05) is 19.1 Å². The van der Waals surface area contributed by atoms with Crippen LogP contribution in [0.3, 0.4) is 0 Å². The van der Waals surface area contributed by atoms with Crippen molar-refractivity contribution in [1.29, 1.82) is 0 Å². The molecule has 1 aromatic carbocycles. The number of hydrogen-bond donors (Lipinski definition) is 1. The van der Waals surface area contributed by atoms with Crippen LogP contribution in [0.1, 0.15) is 25.8 Å². The van der Waals surface area contributed by atoms with Gasteiger partial charge in [0.1, 0.15) is 0 Å². The highest BCUT2D eigenvalue weighted by Gasteiger charge is 2.21. The summed E-state index contributed by atoms with van der Waals surface area (Å²) in [6.07, 6.45) is 0.868. The minimum Gasteiger partial charge on any atom is -0.322 e. The molecular formula is C10H14Cl3NS.